The van der Waals surface area contributed by atoms with Crippen LogP contribution in [0.5, 0.6) is 0 Å². The third-order valence-corrected chi connectivity index (χ3v) is 2.58. The van der Waals surface area contributed by atoms with Crippen molar-refractivity contribution in [3.05, 3.63) is 40.1 Å². The molecule has 0 atom stereocenters. The SMILES string of the molecule is Cc1[nH]c(-c2cccc(Br)c2)nc1C#N. The van der Waals surface area contributed by atoms with Crippen LogP contribution in [0.15, 0.2) is 28.7 Å². The van der Waals surface area contributed by atoms with Crippen molar-refractivity contribution in [3.63, 3.8) is 0 Å². The fourth-order valence-corrected chi connectivity index (χ4v) is 1.74. The Morgan fingerprint density at radius 1 is 1.47 bits per heavy atom. The number of rotatable bonds is 1. The lowest BCUT2D eigenvalue weighted by Gasteiger charge is -1.96. The van der Waals surface area contributed by atoms with Crippen molar-refractivity contribution >= 4 is 15.9 Å². The molecule has 0 saturated carbocycles. The van der Waals surface area contributed by atoms with E-state index in [1.807, 2.05) is 37.3 Å². The Labute approximate surface area is 95.9 Å². The number of hydrogen-bond acceptors (Lipinski definition) is 2. The molecule has 0 aliphatic rings. The third kappa shape index (κ3) is 1.92. The molecule has 1 aromatic carbocycles. The number of nitrogens with zero attached hydrogens (tertiary/aromatic N) is 2. The van der Waals surface area contributed by atoms with Crippen LogP contribution in [-0.2, 0) is 0 Å². The van der Waals surface area contributed by atoms with E-state index in [4.69, 9.17) is 5.26 Å². The molecule has 0 radical (unpaired) electrons. The van der Waals surface area contributed by atoms with E-state index in [1.54, 1.807) is 0 Å². The number of halogens is 1. The molecule has 1 N–H and O–H groups in total. The first-order chi connectivity index (χ1) is 7.20. The number of hydrogen-bond donors (Lipinski definition) is 1. The van der Waals surface area contributed by atoms with Gasteiger partial charge in [-0.25, -0.2) is 4.98 Å². The normalized spacial score (nSPS) is 9.93. The number of H-pyrrole nitrogens is 1. The number of benzene rings is 1. The van der Waals surface area contributed by atoms with Crippen molar-refractivity contribution < 1.29 is 0 Å². The van der Waals surface area contributed by atoms with Gasteiger partial charge in [-0.3, -0.25) is 0 Å². The summed E-state index contributed by atoms with van der Waals surface area (Å²) in [6.07, 6.45) is 0. The first-order valence-electron chi connectivity index (χ1n) is 4.43. The average molecular weight is 262 g/mol. The highest BCUT2D eigenvalue weighted by molar-refractivity contribution is 9.10. The summed E-state index contributed by atoms with van der Waals surface area (Å²) in [6, 6.07) is 9.84. The number of aromatic amines is 1. The van der Waals surface area contributed by atoms with Crippen LogP contribution in [0.3, 0.4) is 0 Å². The molecule has 0 saturated heterocycles. The molecule has 0 amide bonds. The van der Waals surface area contributed by atoms with Gasteiger partial charge in [0.1, 0.15) is 11.9 Å². The van der Waals surface area contributed by atoms with Crippen LogP contribution in [0, 0.1) is 18.3 Å². The topological polar surface area (TPSA) is 52.5 Å². The summed E-state index contributed by atoms with van der Waals surface area (Å²) in [4.78, 5) is 7.29. The molecule has 3 nitrogen and oxygen atoms in total. The van der Waals surface area contributed by atoms with Crippen molar-refractivity contribution in [2.75, 3.05) is 0 Å². The predicted molar refractivity (Wildman–Crippen MR) is 61.2 cm³/mol. The Bertz CT molecular complexity index is 537. The highest BCUT2D eigenvalue weighted by Gasteiger charge is 2.07. The van der Waals surface area contributed by atoms with E-state index in [0.29, 0.717) is 5.69 Å². The molecule has 0 aliphatic carbocycles. The van der Waals surface area contributed by atoms with E-state index in [0.717, 1.165) is 21.6 Å². The van der Waals surface area contributed by atoms with Crippen molar-refractivity contribution in [2.24, 2.45) is 0 Å². The van der Waals surface area contributed by atoms with Gasteiger partial charge in [0.25, 0.3) is 0 Å². The van der Waals surface area contributed by atoms with E-state index in [2.05, 4.69) is 25.9 Å². The van der Waals surface area contributed by atoms with E-state index >= 15 is 0 Å². The molecule has 74 valence electrons. The summed E-state index contributed by atoms with van der Waals surface area (Å²) in [5.41, 5.74) is 2.21. The van der Waals surface area contributed by atoms with Gasteiger partial charge in [0.2, 0.25) is 0 Å². The Morgan fingerprint density at radius 2 is 2.27 bits per heavy atom. The maximum atomic E-state index is 8.79. The Hall–Kier alpha value is -1.60. The van der Waals surface area contributed by atoms with Gasteiger partial charge in [-0.15, -0.1) is 0 Å². The second-order valence-corrected chi connectivity index (χ2v) is 4.10. The van der Waals surface area contributed by atoms with Crippen LogP contribution < -0.4 is 0 Å². The lowest BCUT2D eigenvalue weighted by atomic mass is 10.2. The lowest BCUT2D eigenvalue weighted by molar-refractivity contribution is 1.25. The zero-order valence-electron chi connectivity index (χ0n) is 8.08. The summed E-state index contributed by atoms with van der Waals surface area (Å²) in [5, 5.41) is 8.79. The van der Waals surface area contributed by atoms with Gasteiger partial charge in [0.05, 0.1) is 5.69 Å². The highest BCUT2D eigenvalue weighted by Crippen LogP contribution is 2.21. The molecule has 0 unspecified atom stereocenters. The second-order valence-electron chi connectivity index (χ2n) is 3.18. The van der Waals surface area contributed by atoms with Gasteiger partial charge in [-0.1, -0.05) is 28.1 Å². The minimum absolute atomic E-state index is 0.449. The van der Waals surface area contributed by atoms with E-state index in [1.165, 1.54) is 0 Å². The van der Waals surface area contributed by atoms with Crippen molar-refractivity contribution in [3.8, 4) is 17.5 Å². The van der Waals surface area contributed by atoms with Crippen LogP contribution in [0.4, 0.5) is 0 Å². The number of aryl methyl sites for hydroxylation is 1. The van der Waals surface area contributed by atoms with E-state index < -0.39 is 0 Å². The molecule has 2 rings (SSSR count). The van der Waals surface area contributed by atoms with E-state index in [9.17, 15) is 0 Å². The first-order valence-corrected chi connectivity index (χ1v) is 5.22. The zero-order chi connectivity index (χ0) is 10.8. The van der Waals surface area contributed by atoms with Gasteiger partial charge < -0.3 is 4.98 Å². The molecule has 0 aliphatic heterocycles. The van der Waals surface area contributed by atoms with E-state index in [-0.39, 0.29) is 0 Å². The first kappa shape index (κ1) is 9.94. The van der Waals surface area contributed by atoms with Crippen LogP contribution >= 0.6 is 15.9 Å². The summed E-state index contributed by atoms with van der Waals surface area (Å²) >= 11 is 3.40. The zero-order valence-corrected chi connectivity index (χ0v) is 9.67. The summed E-state index contributed by atoms with van der Waals surface area (Å²) < 4.78 is 0.993. The summed E-state index contributed by atoms with van der Waals surface area (Å²) in [5.74, 6) is 0.727. The fourth-order valence-electron chi connectivity index (χ4n) is 1.34. The predicted octanol–water partition coefficient (Wildman–Crippen LogP) is 3.02. The highest BCUT2D eigenvalue weighted by atomic mass is 79.9. The van der Waals surface area contributed by atoms with Crippen LogP contribution in [0.1, 0.15) is 11.4 Å². The van der Waals surface area contributed by atoms with Crippen molar-refractivity contribution in [2.45, 2.75) is 6.92 Å². The monoisotopic (exact) mass is 261 g/mol. The molecule has 0 fully saturated rings. The molecule has 1 heterocycles. The summed E-state index contributed by atoms with van der Waals surface area (Å²) in [6.45, 7) is 1.84. The molecular weight excluding hydrogens is 254 g/mol. The minimum atomic E-state index is 0.449. The van der Waals surface area contributed by atoms with Gasteiger partial charge >= 0.3 is 0 Å². The largest absolute Gasteiger partial charge is 0.341 e. The quantitative estimate of drug-likeness (QED) is 0.858. The van der Waals surface area contributed by atoms with Crippen molar-refractivity contribution in [1.29, 1.82) is 5.26 Å². The molecule has 2 aromatic rings. The number of aromatic nitrogens is 2. The third-order valence-electron chi connectivity index (χ3n) is 2.09. The smallest absolute Gasteiger partial charge is 0.161 e. The minimum Gasteiger partial charge on any atom is -0.341 e. The lowest BCUT2D eigenvalue weighted by Crippen LogP contribution is -1.80. The Balaban J connectivity index is 2.51. The number of imidazole rings is 1. The Kier molecular flexibility index (Phi) is 2.57. The van der Waals surface area contributed by atoms with Crippen LogP contribution in [0.2, 0.25) is 0 Å². The number of nitriles is 1. The van der Waals surface area contributed by atoms with Gasteiger partial charge in [0.15, 0.2) is 5.69 Å². The molecule has 15 heavy (non-hydrogen) atoms. The second kappa shape index (κ2) is 3.87. The van der Waals surface area contributed by atoms with Gasteiger partial charge in [-0.05, 0) is 19.1 Å². The maximum absolute atomic E-state index is 8.79. The van der Waals surface area contributed by atoms with Gasteiger partial charge in [-0.2, -0.15) is 5.26 Å². The summed E-state index contributed by atoms with van der Waals surface area (Å²) in [7, 11) is 0. The van der Waals surface area contributed by atoms with Gasteiger partial charge in [0, 0.05) is 10.0 Å². The standard InChI is InChI=1S/C11H8BrN3/c1-7-10(6-13)15-11(14-7)8-3-2-4-9(12)5-8/h2-5H,1H3,(H,14,15). The molecule has 0 spiro atoms. The van der Waals surface area contributed by atoms with Crippen molar-refractivity contribution in [1.82, 2.24) is 9.97 Å². The fraction of sp³-hybridized carbons (Fsp3) is 0.0909. The maximum Gasteiger partial charge on any atom is 0.161 e. The molecule has 0 bridgehead atoms. The molecule has 1 aromatic heterocycles. The number of nitrogens with one attached hydrogen (secondary N) is 1. The van der Waals surface area contributed by atoms with Crippen LogP contribution in [0.25, 0.3) is 11.4 Å². The Morgan fingerprint density at radius 3 is 2.87 bits per heavy atom. The molecular formula is C11H8BrN3. The molecule has 4 heteroatoms. The van der Waals surface area contributed by atoms with Crippen LogP contribution in [-0.4, -0.2) is 9.97 Å². The average Bonchev–Trinajstić information content (AvgIpc) is 2.60.